The lowest BCUT2D eigenvalue weighted by Crippen LogP contribution is -2.43. The Morgan fingerprint density at radius 2 is 2.23 bits per heavy atom. The van der Waals surface area contributed by atoms with Crippen LogP contribution in [0, 0.1) is 11.8 Å². The summed E-state index contributed by atoms with van der Waals surface area (Å²) in [5.41, 5.74) is 0. The minimum absolute atomic E-state index is 0.689. The van der Waals surface area contributed by atoms with E-state index in [9.17, 15) is 0 Å². The van der Waals surface area contributed by atoms with Crippen molar-refractivity contribution in [1.29, 1.82) is 0 Å². The van der Waals surface area contributed by atoms with Gasteiger partial charge in [-0.05, 0) is 37.6 Å². The summed E-state index contributed by atoms with van der Waals surface area (Å²) in [5.74, 6) is 1.52. The van der Waals surface area contributed by atoms with Crippen molar-refractivity contribution in [2.75, 3.05) is 20.3 Å². The van der Waals surface area contributed by atoms with Gasteiger partial charge < -0.3 is 10.1 Å². The zero-order chi connectivity index (χ0) is 9.68. The molecule has 1 aliphatic heterocycles. The van der Waals surface area contributed by atoms with Gasteiger partial charge in [-0.15, -0.1) is 0 Å². The first-order valence-electron chi connectivity index (χ1n) is 5.46. The Morgan fingerprint density at radius 1 is 1.46 bits per heavy atom. The third-order valence-corrected chi connectivity index (χ3v) is 2.83. The molecule has 0 aromatic rings. The van der Waals surface area contributed by atoms with Gasteiger partial charge in [0, 0.05) is 13.2 Å². The molecule has 2 heteroatoms. The number of methoxy groups -OCH3 is 1. The molecule has 1 saturated heterocycles. The summed E-state index contributed by atoms with van der Waals surface area (Å²) in [4.78, 5) is 0. The van der Waals surface area contributed by atoms with Crippen LogP contribution in [0.1, 0.15) is 33.1 Å². The maximum absolute atomic E-state index is 5.25. The topological polar surface area (TPSA) is 21.3 Å². The molecule has 1 heterocycles. The Kier molecular flexibility index (Phi) is 4.74. The van der Waals surface area contributed by atoms with Gasteiger partial charge in [-0.3, -0.25) is 0 Å². The van der Waals surface area contributed by atoms with Crippen molar-refractivity contribution in [2.24, 2.45) is 11.8 Å². The van der Waals surface area contributed by atoms with Gasteiger partial charge in [0.2, 0.25) is 0 Å². The van der Waals surface area contributed by atoms with Gasteiger partial charge in [-0.25, -0.2) is 0 Å². The van der Waals surface area contributed by atoms with E-state index < -0.39 is 0 Å². The Hall–Kier alpha value is -0.0800. The Bertz CT molecular complexity index is 134. The molecule has 2 nitrogen and oxygen atoms in total. The Balaban J connectivity index is 2.36. The highest BCUT2D eigenvalue weighted by Crippen LogP contribution is 2.21. The Morgan fingerprint density at radius 3 is 2.85 bits per heavy atom. The summed E-state index contributed by atoms with van der Waals surface area (Å²) < 4.78 is 5.25. The van der Waals surface area contributed by atoms with Crippen LogP contribution < -0.4 is 5.32 Å². The lowest BCUT2D eigenvalue weighted by atomic mass is 9.86. The number of piperidine rings is 1. The smallest absolute Gasteiger partial charge is 0.0505 e. The van der Waals surface area contributed by atoms with E-state index in [1.165, 1.54) is 25.8 Å². The van der Waals surface area contributed by atoms with E-state index in [0.717, 1.165) is 18.4 Å². The van der Waals surface area contributed by atoms with Crippen LogP contribution in [-0.4, -0.2) is 26.3 Å². The van der Waals surface area contributed by atoms with E-state index in [1.54, 1.807) is 7.11 Å². The molecule has 1 fully saturated rings. The molecule has 1 N–H and O–H groups in total. The van der Waals surface area contributed by atoms with Crippen molar-refractivity contribution < 1.29 is 4.74 Å². The summed E-state index contributed by atoms with van der Waals surface area (Å²) in [6.45, 7) is 6.70. The molecule has 0 amide bonds. The minimum atomic E-state index is 0.689. The molecule has 1 aliphatic rings. The van der Waals surface area contributed by atoms with Crippen LogP contribution in [0.2, 0.25) is 0 Å². The highest BCUT2D eigenvalue weighted by Gasteiger charge is 2.24. The summed E-state index contributed by atoms with van der Waals surface area (Å²) in [7, 11) is 1.81. The van der Waals surface area contributed by atoms with Crippen molar-refractivity contribution in [2.45, 2.75) is 39.2 Å². The number of hydrogen-bond acceptors (Lipinski definition) is 2. The van der Waals surface area contributed by atoms with Gasteiger partial charge in [0.05, 0.1) is 6.61 Å². The SMILES string of the molecule is COCC1CCCNC1CC(C)C. The molecule has 2 unspecified atom stereocenters. The van der Waals surface area contributed by atoms with Crippen LogP contribution in [0.15, 0.2) is 0 Å². The summed E-state index contributed by atoms with van der Waals surface area (Å²) in [5, 5.41) is 3.61. The fourth-order valence-electron chi connectivity index (χ4n) is 2.22. The van der Waals surface area contributed by atoms with Crippen LogP contribution >= 0.6 is 0 Å². The van der Waals surface area contributed by atoms with Crippen molar-refractivity contribution in [1.82, 2.24) is 5.32 Å². The number of hydrogen-bond donors (Lipinski definition) is 1. The highest BCUT2D eigenvalue weighted by molar-refractivity contribution is 4.81. The predicted molar refractivity (Wildman–Crippen MR) is 55.8 cm³/mol. The minimum Gasteiger partial charge on any atom is -0.384 e. The third-order valence-electron chi connectivity index (χ3n) is 2.83. The molecule has 1 rings (SSSR count). The third kappa shape index (κ3) is 3.65. The van der Waals surface area contributed by atoms with Gasteiger partial charge in [0.25, 0.3) is 0 Å². The number of nitrogens with one attached hydrogen (secondary N) is 1. The van der Waals surface area contributed by atoms with E-state index in [1.807, 2.05) is 0 Å². The summed E-state index contributed by atoms with van der Waals surface area (Å²) in [6, 6.07) is 0.689. The van der Waals surface area contributed by atoms with Crippen molar-refractivity contribution in [3.63, 3.8) is 0 Å². The first-order valence-corrected chi connectivity index (χ1v) is 5.46. The van der Waals surface area contributed by atoms with E-state index in [4.69, 9.17) is 4.74 Å². The molecule has 0 spiro atoms. The van der Waals surface area contributed by atoms with E-state index >= 15 is 0 Å². The van der Waals surface area contributed by atoms with Crippen molar-refractivity contribution in [3.05, 3.63) is 0 Å². The second-order valence-corrected chi connectivity index (χ2v) is 4.55. The zero-order valence-corrected chi connectivity index (χ0v) is 9.18. The Labute approximate surface area is 82.0 Å². The molecule has 0 aliphatic carbocycles. The van der Waals surface area contributed by atoms with Gasteiger partial charge in [0.1, 0.15) is 0 Å². The van der Waals surface area contributed by atoms with Crippen LogP contribution in [0.25, 0.3) is 0 Å². The summed E-state index contributed by atoms with van der Waals surface area (Å²) in [6.07, 6.45) is 3.93. The molecule has 0 aromatic heterocycles. The maximum atomic E-state index is 5.25. The van der Waals surface area contributed by atoms with Crippen LogP contribution in [0.3, 0.4) is 0 Å². The molecule has 0 aromatic carbocycles. The highest BCUT2D eigenvalue weighted by atomic mass is 16.5. The van der Waals surface area contributed by atoms with Gasteiger partial charge in [-0.2, -0.15) is 0 Å². The molecule has 13 heavy (non-hydrogen) atoms. The van der Waals surface area contributed by atoms with Crippen LogP contribution in [0.4, 0.5) is 0 Å². The van der Waals surface area contributed by atoms with E-state index in [2.05, 4.69) is 19.2 Å². The maximum Gasteiger partial charge on any atom is 0.0505 e. The average molecular weight is 185 g/mol. The predicted octanol–water partition coefficient (Wildman–Crippen LogP) is 2.05. The first-order chi connectivity index (χ1) is 6.24. The van der Waals surface area contributed by atoms with Gasteiger partial charge in [0.15, 0.2) is 0 Å². The van der Waals surface area contributed by atoms with Gasteiger partial charge in [-0.1, -0.05) is 13.8 Å². The fourth-order valence-corrected chi connectivity index (χ4v) is 2.22. The van der Waals surface area contributed by atoms with Crippen molar-refractivity contribution >= 4 is 0 Å². The molecule has 0 saturated carbocycles. The fraction of sp³-hybridized carbons (Fsp3) is 1.00. The molecular weight excluding hydrogens is 162 g/mol. The van der Waals surface area contributed by atoms with Crippen LogP contribution in [0.5, 0.6) is 0 Å². The average Bonchev–Trinajstić information content (AvgIpc) is 2.08. The second-order valence-electron chi connectivity index (χ2n) is 4.55. The standard InChI is InChI=1S/C11H23NO/c1-9(2)7-11-10(8-13-3)5-4-6-12-11/h9-12H,4-8H2,1-3H3. The lowest BCUT2D eigenvalue weighted by molar-refractivity contribution is 0.105. The van der Waals surface area contributed by atoms with Gasteiger partial charge >= 0.3 is 0 Å². The first kappa shape index (κ1) is 11.0. The van der Waals surface area contributed by atoms with E-state index in [-0.39, 0.29) is 0 Å². The molecule has 2 atom stereocenters. The second kappa shape index (κ2) is 5.61. The lowest BCUT2D eigenvalue weighted by Gasteiger charge is -2.33. The van der Waals surface area contributed by atoms with E-state index in [0.29, 0.717) is 6.04 Å². The summed E-state index contributed by atoms with van der Waals surface area (Å²) >= 11 is 0. The largest absolute Gasteiger partial charge is 0.384 e. The molecule has 0 radical (unpaired) electrons. The number of ether oxygens (including phenoxy) is 1. The monoisotopic (exact) mass is 185 g/mol. The molecular formula is C11H23NO. The normalized spacial score (nSPS) is 29.5. The number of rotatable bonds is 4. The zero-order valence-electron chi connectivity index (χ0n) is 9.18. The quantitative estimate of drug-likeness (QED) is 0.723. The molecule has 78 valence electrons. The van der Waals surface area contributed by atoms with Crippen LogP contribution in [-0.2, 0) is 4.74 Å². The van der Waals surface area contributed by atoms with Crippen molar-refractivity contribution in [3.8, 4) is 0 Å². The molecule has 0 bridgehead atoms.